The summed E-state index contributed by atoms with van der Waals surface area (Å²) in [5.41, 5.74) is 0. The number of carbonyl (C=O) groups excluding carboxylic acids is 3. The lowest BCUT2D eigenvalue weighted by Gasteiger charge is -2.18. The average molecular weight is 1120 g/mol. The van der Waals surface area contributed by atoms with Crippen LogP contribution < -0.4 is 0 Å². The molecule has 80 heavy (non-hydrogen) atoms. The molecule has 0 heterocycles. The first-order chi connectivity index (χ1) is 39.5. The van der Waals surface area contributed by atoms with E-state index in [0.717, 1.165) is 96.3 Å². The quantitative estimate of drug-likeness (QED) is 0.0261. The van der Waals surface area contributed by atoms with Gasteiger partial charge in [-0.25, -0.2) is 0 Å². The number of unbranched alkanes of at least 4 members (excludes halogenated alkanes) is 41. The van der Waals surface area contributed by atoms with Crippen molar-refractivity contribution in [3.05, 3.63) is 72.9 Å². The van der Waals surface area contributed by atoms with Crippen molar-refractivity contribution in [3.8, 4) is 0 Å². The molecule has 6 nitrogen and oxygen atoms in total. The van der Waals surface area contributed by atoms with Gasteiger partial charge in [0.05, 0.1) is 0 Å². The Morgan fingerprint density at radius 1 is 0.263 bits per heavy atom. The molecule has 0 aliphatic rings. The Balaban J connectivity index is 4.15. The Hall–Kier alpha value is -3.15. The molecule has 0 aromatic carbocycles. The third-order valence-corrected chi connectivity index (χ3v) is 15.4. The third-order valence-electron chi connectivity index (χ3n) is 15.4. The molecule has 0 spiro atoms. The largest absolute Gasteiger partial charge is 0.462 e. The molecule has 0 N–H and O–H groups in total. The van der Waals surface area contributed by atoms with Crippen LogP contribution in [0, 0.1) is 0 Å². The fourth-order valence-electron chi connectivity index (χ4n) is 10.2. The second kappa shape index (κ2) is 68.3. The van der Waals surface area contributed by atoms with Crippen molar-refractivity contribution in [1.29, 1.82) is 0 Å². The smallest absolute Gasteiger partial charge is 0.306 e. The molecule has 0 rings (SSSR count). The minimum atomic E-state index is -0.776. The van der Waals surface area contributed by atoms with E-state index in [0.29, 0.717) is 19.3 Å². The molecule has 0 aliphatic heterocycles. The van der Waals surface area contributed by atoms with Crippen molar-refractivity contribution in [1.82, 2.24) is 0 Å². The zero-order valence-electron chi connectivity index (χ0n) is 53.3. The molecule has 0 saturated heterocycles. The van der Waals surface area contributed by atoms with Crippen molar-refractivity contribution in [2.75, 3.05) is 13.2 Å². The first kappa shape index (κ1) is 76.9. The van der Waals surface area contributed by atoms with Gasteiger partial charge < -0.3 is 14.2 Å². The summed E-state index contributed by atoms with van der Waals surface area (Å²) in [6.07, 6.45) is 89.3. The molecule has 0 radical (unpaired) electrons. The minimum absolute atomic E-state index is 0.0723. The predicted octanol–water partition coefficient (Wildman–Crippen LogP) is 24.1. The molecular weight excluding hydrogens is 985 g/mol. The lowest BCUT2D eigenvalue weighted by atomic mass is 10.0. The number of ether oxygens (including phenoxy) is 3. The molecule has 1 unspecified atom stereocenters. The van der Waals surface area contributed by atoms with Crippen LogP contribution in [0.25, 0.3) is 0 Å². The maximum atomic E-state index is 12.9. The maximum absolute atomic E-state index is 12.9. The van der Waals surface area contributed by atoms with E-state index in [1.54, 1.807) is 0 Å². The predicted molar refractivity (Wildman–Crippen MR) is 348 cm³/mol. The Morgan fingerprint density at radius 2 is 0.487 bits per heavy atom. The summed E-state index contributed by atoms with van der Waals surface area (Å²) < 4.78 is 17.0. The minimum Gasteiger partial charge on any atom is -0.462 e. The van der Waals surface area contributed by atoms with E-state index < -0.39 is 6.10 Å². The van der Waals surface area contributed by atoms with Crippen LogP contribution in [-0.2, 0) is 28.6 Å². The van der Waals surface area contributed by atoms with Crippen molar-refractivity contribution in [2.45, 2.75) is 367 Å². The van der Waals surface area contributed by atoms with Gasteiger partial charge in [-0.3, -0.25) is 14.4 Å². The fraction of sp³-hybridized carbons (Fsp3) is 0.797. The zero-order chi connectivity index (χ0) is 57.8. The Kier molecular flexibility index (Phi) is 65.7. The molecule has 0 aromatic rings. The summed E-state index contributed by atoms with van der Waals surface area (Å²) >= 11 is 0. The number of hydrogen-bond donors (Lipinski definition) is 0. The highest BCUT2D eigenvalue weighted by Gasteiger charge is 2.19. The normalized spacial score (nSPS) is 12.5. The molecule has 0 aromatic heterocycles. The van der Waals surface area contributed by atoms with E-state index in [-0.39, 0.29) is 31.1 Å². The molecule has 464 valence electrons. The van der Waals surface area contributed by atoms with Crippen molar-refractivity contribution >= 4 is 17.9 Å². The lowest BCUT2D eigenvalue weighted by molar-refractivity contribution is -0.167. The average Bonchev–Trinajstić information content (AvgIpc) is 3.46. The van der Waals surface area contributed by atoms with Crippen molar-refractivity contribution in [3.63, 3.8) is 0 Å². The van der Waals surface area contributed by atoms with Gasteiger partial charge in [-0.15, -0.1) is 0 Å². The van der Waals surface area contributed by atoms with Gasteiger partial charge in [-0.05, 0) is 89.9 Å². The monoisotopic (exact) mass is 1120 g/mol. The van der Waals surface area contributed by atoms with Gasteiger partial charge in [0, 0.05) is 19.3 Å². The van der Waals surface area contributed by atoms with Gasteiger partial charge in [0.15, 0.2) is 6.10 Å². The molecular formula is C74H132O6. The van der Waals surface area contributed by atoms with Crippen molar-refractivity contribution in [2.24, 2.45) is 0 Å². The van der Waals surface area contributed by atoms with E-state index in [2.05, 4.69) is 93.7 Å². The van der Waals surface area contributed by atoms with Gasteiger partial charge >= 0.3 is 17.9 Å². The lowest BCUT2D eigenvalue weighted by Crippen LogP contribution is -2.30. The van der Waals surface area contributed by atoms with Crippen LogP contribution in [0.4, 0.5) is 0 Å². The number of rotatable bonds is 64. The summed E-state index contributed by atoms with van der Waals surface area (Å²) in [7, 11) is 0. The summed E-state index contributed by atoms with van der Waals surface area (Å²) in [5.74, 6) is -0.858. The highest BCUT2D eigenvalue weighted by atomic mass is 16.6. The number of allylic oxidation sites excluding steroid dienone is 12. The molecule has 0 saturated carbocycles. The van der Waals surface area contributed by atoms with Gasteiger partial charge in [0.25, 0.3) is 0 Å². The molecule has 6 heteroatoms. The van der Waals surface area contributed by atoms with Crippen LogP contribution in [-0.4, -0.2) is 37.2 Å². The Labute approximate surface area is 497 Å². The van der Waals surface area contributed by atoms with E-state index >= 15 is 0 Å². The summed E-state index contributed by atoms with van der Waals surface area (Å²) in [4.78, 5) is 38.3. The number of carbonyl (C=O) groups is 3. The van der Waals surface area contributed by atoms with E-state index in [1.165, 1.54) is 225 Å². The molecule has 0 amide bonds. The Bertz CT molecular complexity index is 1470. The van der Waals surface area contributed by atoms with E-state index in [9.17, 15) is 14.4 Å². The zero-order valence-corrected chi connectivity index (χ0v) is 53.3. The first-order valence-electron chi connectivity index (χ1n) is 34.9. The van der Waals surface area contributed by atoms with Crippen LogP contribution in [0.3, 0.4) is 0 Å². The topological polar surface area (TPSA) is 78.9 Å². The number of esters is 3. The summed E-state index contributed by atoms with van der Waals surface area (Å²) in [6.45, 7) is 6.57. The van der Waals surface area contributed by atoms with Crippen LogP contribution in [0.1, 0.15) is 361 Å². The highest BCUT2D eigenvalue weighted by Crippen LogP contribution is 2.18. The standard InChI is InChI=1S/C74H132O6/c1-4-7-10-13-16-19-22-25-28-29-30-31-32-33-34-35-36-37-38-39-40-41-42-43-44-45-47-49-52-55-58-61-64-67-73(76)79-70-71(69-78-72(75)66-63-60-57-54-51-48-27-24-21-18-15-12-9-6-3)80-74(77)68-65-62-59-56-53-50-46-26-23-20-17-14-11-8-5-2/h7,10,16,19,25-26,28,30-31,33-34,46,71H,4-6,8-9,11-15,17-18,20-24,27,29,32,35-45,47-70H2,1-3H3/b10-7-,19-16-,28-25-,31-30-,34-33-,46-26-. The van der Waals surface area contributed by atoms with Crippen LogP contribution >= 0.6 is 0 Å². The highest BCUT2D eigenvalue weighted by molar-refractivity contribution is 5.71. The molecule has 0 fully saturated rings. The fourth-order valence-corrected chi connectivity index (χ4v) is 10.2. The van der Waals surface area contributed by atoms with Gasteiger partial charge in [-0.2, -0.15) is 0 Å². The van der Waals surface area contributed by atoms with Gasteiger partial charge in [0.2, 0.25) is 0 Å². The van der Waals surface area contributed by atoms with Crippen LogP contribution in [0.5, 0.6) is 0 Å². The van der Waals surface area contributed by atoms with Crippen molar-refractivity contribution < 1.29 is 28.6 Å². The van der Waals surface area contributed by atoms with E-state index in [4.69, 9.17) is 14.2 Å². The molecule has 0 aliphatic carbocycles. The summed E-state index contributed by atoms with van der Waals surface area (Å²) in [6, 6.07) is 0. The van der Waals surface area contributed by atoms with Crippen LogP contribution in [0.15, 0.2) is 72.9 Å². The Morgan fingerprint density at radius 3 is 0.775 bits per heavy atom. The maximum Gasteiger partial charge on any atom is 0.306 e. The van der Waals surface area contributed by atoms with Gasteiger partial charge in [0.1, 0.15) is 13.2 Å². The molecule has 1 atom stereocenters. The second-order valence-corrected chi connectivity index (χ2v) is 23.4. The van der Waals surface area contributed by atoms with Crippen LogP contribution in [0.2, 0.25) is 0 Å². The summed E-state index contributed by atoms with van der Waals surface area (Å²) in [5, 5.41) is 0. The van der Waals surface area contributed by atoms with E-state index in [1.807, 2.05) is 0 Å². The number of hydrogen-bond acceptors (Lipinski definition) is 6. The second-order valence-electron chi connectivity index (χ2n) is 23.4. The SMILES string of the molecule is CC/C=C\C/C=C\C/C=C\C/C=C\C/C=C\CCCCCCCCCCCCCCCCCCCC(=O)OCC(COC(=O)CCCCCCCCCCCCCCCC)OC(=O)CCCCCCC/C=C\CCCCCCCC. The third kappa shape index (κ3) is 65.7. The first-order valence-corrected chi connectivity index (χ1v) is 34.9. The van der Waals surface area contributed by atoms with Gasteiger partial charge in [-0.1, -0.05) is 325 Å². The molecule has 0 bridgehead atoms.